The van der Waals surface area contributed by atoms with Gasteiger partial charge in [0.15, 0.2) is 0 Å². The van der Waals surface area contributed by atoms with E-state index in [1.807, 2.05) is 0 Å². The lowest BCUT2D eigenvalue weighted by atomic mass is 9.99. The van der Waals surface area contributed by atoms with Crippen LogP contribution >= 0.6 is 11.6 Å². The van der Waals surface area contributed by atoms with E-state index in [0.29, 0.717) is 0 Å². The maximum atomic E-state index is 13.1. The molecule has 0 bridgehead atoms. The minimum absolute atomic E-state index is 0.0397. The maximum Gasteiger partial charge on any atom is 0.253 e. The summed E-state index contributed by atoms with van der Waals surface area (Å²) in [4.78, 5) is 22.1. The van der Waals surface area contributed by atoms with Crippen molar-refractivity contribution in [3.05, 3.63) is 55.0 Å². The molecule has 2 aromatic rings. The summed E-state index contributed by atoms with van der Waals surface area (Å²) in [5.41, 5.74) is 3.19. The first-order valence-corrected chi connectivity index (χ1v) is 6.26. The summed E-state index contributed by atoms with van der Waals surface area (Å²) >= 11 is 5.75. The Kier molecular flexibility index (Phi) is 4.22. The zero-order valence-corrected chi connectivity index (χ0v) is 11.3. The molecule has 0 heterocycles. The Labute approximate surface area is 122 Å². The molecule has 112 valence electrons. The van der Waals surface area contributed by atoms with Gasteiger partial charge < -0.3 is 11.1 Å². The number of nitrogens with two attached hydrogens (primary N) is 1. The molecule has 0 aliphatic carbocycles. The molecule has 0 saturated heterocycles. The molecule has 2 aromatic carbocycles. The van der Waals surface area contributed by atoms with Crippen LogP contribution in [-0.2, 0) is 0 Å². The van der Waals surface area contributed by atoms with Crippen LogP contribution in [0.15, 0.2) is 27.8 Å². The standard InChI is InChI=1S/C13H10ClF3N2O2/c14-8-3-5(15)1-2-6(8)7(13(16)17)4-19-10-9(18)11(20)12(10)21/h1-3,7,13,19H,4,18H2. The molecule has 21 heavy (non-hydrogen) atoms. The SMILES string of the molecule is Nc1c(NCC(c2ccc(F)cc2Cl)C(F)F)c(=O)c1=O. The van der Waals surface area contributed by atoms with Gasteiger partial charge in [0.25, 0.3) is 10.9 Å². The number of nitrogens with one attached hydrogen (secondary N) is 1. The van der Waals surface area contributed by atoms with Crippen LogP contribution < -0.4 is 21.9 Å². The third-order valence-electron chi connectivity index (χ3n) is 3.11. The highest BCUT2D eigenvalue weighted by Gasteiger charge is 2.27. The number of alkyl halides is 2. The third-order valence-corrected chi connectivity index (χ3v) is 3.44. The largest absolute Gasteiger partial charge is 0.394 e. The number of benzene rings is 1. The molecule has 0 saturated carbocycles. The second-order valence-electron chi connectivity index (χ2n) is 4.43. The lowest BCUT2D eigenvalue weighted by molar-refractivity contribution is 0.118. The molecule has 0 fully saturated rings. The number of hydrogen-bond donors (Lipinski definition) is 2. The normalized spacial score (nSPS) is 12.8. The van der Waals surface area contributed by atoms with Gasteiger partial charge in [-0.15, -0.1) is 0 Å². The van der Waals surface area contributed by atoms with E-state index in [2.05, 4.69) is 5.32 Å². The van der Waals surface area contributed by atoms with E-state index >= 15 is 0 Å². The molecule has 1 unspecified atom stereocenters. The van der Waals surface area contributed by atoms with Crippen LogP contribution in [-0.4, -0.2) is 13.0 Å². The Hall–Kier alpha value is -2.02. The van der Waals surface area contributed by atoms with Crippen molar-refractivity contribution in [1.82, 2.24) is 0 Å². The van der Waals surface area contributed by atoms with Gasteiger partial charge in [-0.05, 0) is 17.7 Å². The van der Waals surface area contributed by atoms with E-state index in [-0.39, 0.29) is 28.5 Å². The van der Waals surface area contributed by atoms with Gasteiger partial charge in [-0.25, -0.2) is 13.2 Å². The fourth-order valence-corrected chi connectivity index (χ4v) is 2.24. The second-order valence-corrected chi connectivity index (χ2v) is 4.84. The Morgan fingerprint density at radius 3 is 2.43 bits per heavy atom. The molecule has 1 atom stereocenters. The number of rotatable bonds is 5. The average Bonchev–Trinajstić information content (AvgIpc) is 2.43. The fourth-order valence-electron chi connectivity index (χ4n) is 1.93. The molecule has 2 rings (SSSR count). The van der Waals surface area contributed by atoms with Gasteiger partial charge in [-0.2, -0.15) is 0 Å². The van der Waals surface area contributed by atoms with E-state index in [1.54, 1.807) is 0 Å². The summed E-state index contributed by atoms with van der Waals surface area (Å²) in [6.07, 6.45) is -2.80. The van der Waals surface area contributed by atoms with E-state index in [1.165, 1.54) is 0 Å². The van der Waals surface area contributed by atoms with Gasteiger partial charge in [0.2, 0.25) is 6.43 Å². The summed E-state index contributed by atoms with van der Waals surface area (Å²) in [6, 6.07) is 3.10. The van der Waals surface area contributed by atoms with Gasteiger partial charge >= 0.3 is 0 Å². The van der Waals surface area contributed by atoms with Crippen molar-refractivity contribution in [1.29, 1.82) is 0 Å². The van der Waals surface area contributed by atoms with Crippen LogP contribution in [0.4, 0.5) is 24.5 Å². The predicted octanol–water partition coefficient (Wildman–Crippen LogP) is 2.12. The second kappa shape index (κ2) is 5.77. The molecule has 0 spiro atoms. The van der Waals surface area contributed by atoms with Crippen LogP contribution in [0.1, 0.15) is 11.5 Å². The summed E-state index contributed by atoms with van der Waals surface area (Å²) in [5.74, 6) is -2.02. The Bertz CT molecular complexity index is 741. The highest BCUT2D eigenvalue weighted by atomic mass is 35.5. The van der Waals surface area contributed by atoms with Gasteiger partial charge in [-0.1, -0.05) is 17.7 Å². The van der Waals surface area contributed by atoms with Gasteiger partial charge in [0.05, 0.1) is 5.92 Å². The first kappa shape index (κ1) is 15.4. The molecular formula is C13H10ClF3N2O2. The van der Waals surface area contributed by atoms with Crippen molar-refractivity contribution in [2.45, 2.75) is 12.3 Å². The molecule has 0 aromatic heterocycles. The first-order chi connectivity index (χ1) is 9.82. The molecule has 0 aliphatic rings. The van der Waals surface area contributed by atoms with Gasteiger partial charge in [0, 0.05) is 11.6 Å². The lowest BCUT2D eigenvalue weighted by Crippen LogP contribution is -2.38. The highest BCUT2D eigenvalue weighted by Crippen LogP contribution is 2.30. The molecule has 0 radical (unpaired) electrons. The fraction of sp³-hybridized carbons (Fsp3) is 0.231. The van der Waals surface area contributed by atoms with Crippen molar-refractivity contribution < 1.29 is 13.2 Å². The van der Waals surface area contributed by atoms with Crippen molar-refractivity contribution in [2.75, 3.05) is 17.6 Å². The van der Waals surface area contributed by atoms with E-state index in [4.69, 9.17) is 17.3 Å². The van der Waals surface area contributed by atoms with Crippen LogP contribution in [0.3, 0.4) is 0 Å². The zero-order valence-electron chi connectivity index (χ0n) is 10.5. The van der Waals surface area contributed by atoms with Crippen LogP contribution in [0.2, 0.25) is 5.02 Å². The first-order valence-electron chi connectivity index (χ1n) is 5.88. The Morgan fingerprint density at radius 2 is 1.90 bits per heavy atom. The smallest absolute Gasteiger partial charge is 0.253 e. The van der Waals surface area contributed by atoms with Crippen LogP contribution in [0.5, 0.6) is 0 Å². The average molecular weight is 319 g/mol. The van der Waals surface area contributed by atoms with E-state index in [0.717, 1.165) is 18.2 Å². The summed E-state index contributed by atoms with van der Waals surface area (Å²) in [7, 11) is 0. The lowest BCUT2D eigenvalue weighted by Gasteiger charge is -2.20. The summed E-state index contributed by atoms with van der Waals surface area (Å²) in [6.45, 7) is -0.363. The van der Waals surface area contributed by atoms with E-state index < -0.39 is 29.0 Å². The zero-order chi connectivity index (χ0) is 15.7. The molecule has 0 amide bonds. The third kappa shape index (κ3) is 2.87. The number of nitrogen functional groups attached to an aromatic ring is 1. The summed E-state index contributed by atoms with van der Waals surface area (Å²) in [5, 5.41) is 2.28. The van der Waals surface area contributed by atoms with Crippen molar-refractivity contribution in [3.8, 4) is 0 Å². The molecule has 4 nitrogen and oxygen atoms in total. The van der Waals surface area contributed by atoms with Crippen molar-refractivity contribution in [3.63, 3.8) is 0 Å². The Balaban J connectivity index is 2.21. The maximum absolute atomic E-state index is 13.1. The molecule has 3 N–H and O–H groups in total. The van der Waals surface area contributed by atoms with Crippen LogP contribution in [0.25, 0.3) is 0 Å². The number of halogens is 4. The minimum atomic E-state index is -2.80. The van der Waals surface area contributed by atoms with Crippen molar-refractivity contribution >= 4 is 23.0 Å². The van der Waals surface area contributed by atoms with Crippen LogP contribution in [0, 0.1) is 5.82 Å². The molecule has 0 aliphatic heterocycles. The van der Waals surface area contributed by atoms with Gasteiger partial charge in [-0.3, -0.25) is 9.59 Å². The highest BCUT2D eigenvalue weighted by molar-refractivity contribution is 6.31. The monoisotopic (exact) mass is 318 g/mol. The minimum Gasteiger partial charge on any atom is -0.394 e. The Morgan fingerprint density at radius 1 is 1.24 bits per heavy atom. The quantitative estimate of drug-likeness (QED) is 0.828. The van der Waals surface area contributed by atoms with Gasteiger partial charge in [0.1, 0.15) is 17.2 Å². The predicted molar refractivity (Wildman–Crippen MR) is 74.4 cm³/mol. The molecule has 8 heteroatoms. The topological polar surface area (TPSA) is 72.2 Å². The van der Waals surface area contributed by atoms with Crippen molar-refractivity contribution in [2.24, 2.45) is 0 Å². The number of anilines is 2. The molecular weight excluding hydrogens is 309 g/mol. The number of hydrogen-bond acceptors (Lipinski definition) is 4. The summed E-state index contributed by atoms with van der Waals surface area (Å²) < 4.78 is 39.2. The van der Waals surface area contributed by atoms with E-state index in [9.17, 15) is 22.8 Å².